The van der Waals surface area contributed by atoms with Crippen LogP contribution < -0.4 is 11.1 Å². The molecule has 2 amide bonds. The number of hydrogen-bond acceptors (Lipinski definition) is 4. The summed E-state index contributed by atoms with van der Waals surface area (Å²) < 4.78 is 5.09. The summed E-state index contributed by atoms with van der Waals surface area (Å²) in [5.74, 6) is -0.556. The maximum Gasteiger partial charge on any atom is 0.312 e. The van der Waals surface area contributed by atoms with Crippen molar-refractivity contribution in [2.45, 2.75) is 32.2 Å². The van der Waals surface area contributed by atoms with Crippen LogP contribution in [0.3, 0.4) is 0 Å². The van der Waals surface area contributed by atoms with Crippen molar-refractivity contribution >= 4 is 29.4 Å². The lowest BCUT2D eigenvalue weighted by atomic mass is 10.0. The average molecular weight is 403 g/mol. The number of ketones is 1. The van der Waals surface area contributed by atoms with Gasteiger partial charge in [-0.3, -0.25) is 9.59 Å². The highest BCUT2D eigenvalue weighted by Gasteiger charge is 2.19. The number of amides is 2. The third-order valence-electron chi connectivity index (χ3n) is 4.22. The van der Waals surface area contributed by atoms with E-state index in [2.05, 4.69) is 19.2 Å². The molecule has 0 heterocycles. The number of carbonyl (C=O) groups excluding carboxylic acids is 3. The van der Waals surface area contributed by atoms with Gasteiger partial charge in [-0.05, 0) is 29.2 Å². The Morgan fingerprint density at radius 2 is 1.57 bits per heavy atom. The van der Waals surface area contributed by atoms with E-state index in [1.165, 1.54) is 0 Å². The predicted molar refractivity (Wildman–Crippen MR) is 107 cm³/mol. The monoisotopic (exact) mass is 402 g/mol. The molecule has 2 aromatic carbocycles. The number of hydrogen-bond donors (Lipinski definition) is 2. The van der Waals surface area contributed by atoms with Crippen molar-refractivity contribution in [1.29, 1.82) is 0 Å². The van der Waals surface area contributed by atoms with Crippen LogP contribution in [-0.4, -0.2) is 24.4 Å². The van der Waals surface area contributed by atoms with Crippen LogP contribution in [0.2, 0.25) is 5.02 Å². The summed E-state index contributed by atoms with van der Waals surface area (Å²) in [5.41, 5.74) is 7.43. The smallest absolute Gasteiger partial charge is 0.312 e. The van der Waals surface area contributed by atoms with E-state index < -0.39 is 18.0 Å². The first-order valence-corrected chi connectivity index (χ1v) is 9.24. The number of primary amides is 1. The minimum Gasteiger partial charge on any atom is -0.457 e. The number of benzene rings is 2. The van der Waals surface area contributed by atoms with Gasteiger partial charge in [0.05, 0.1) is 12.5 Å². The van der Waals surface area contributed by atoms with Crippen LogP contribution in [0.15, 0.2) is 48.5 Å². The molecule has 0 fully saturated rings. The molecule has 2 rings (SSSR count). The van der Waals surface area contributed by atoms with Crippen molar-refractivity contribution in [3.63, 3.8) is 0 Å². The molecule has 1 atom stereocenters. The first-order valence-electron chi connectivity index (χ1n) is 8.86. The molecule has 0 aliphatic heterocycles. The van der Waals surface area contributed by atoms with Crippen molar-refractivity contribution in [2.75, 3.05) is 6.61 Å². The number of rotatable bonds is 8. The van der Waals surface area contributed by atoms with Gasteiger partial charge in [-0.2, -0.15) is 0 Å². The quantitative estimate of drug-likeness (QED) is 0.515. The molecule has 0 aromatic heterocycles. The van der Waals surface area contributed by atoms with E-state index in [-0.39, 0.29) is 18.8 Å². The van der Waals surface area contributed by atoms with E-state index in [9.17, 15) is 14.4 Å². The van der Waals surface area contributed by atoms with Crippen LogP contribution in [0.25, 0.3) is 0 Å². The van der Waals surface area contributed by atoms with Crippen LogP contribution in [0.4, 0.5) is 4.79 Å². The van der Waals surface area contributed by atoms with Crippen molar-refractivity contribution in [2.24, 2.45) is 5.73 Å². The molecule has 7 heteroatoms. The zero-order valence-electron chi connectivity index (χ0n) is 15.8. The maximum atomic E-state index is 12.2. The highest BCUT2D eigenvalue weighted by Crippen LogP contribution is 2.20. The second-order valence-corrected chi connectivity index (χ2v) is 7.11. The summed E-state index contributed by atoms with van der Waals surface area (Å²) in [5, 5.41) is 3.02. The molecule has 0 bridgehead atoms. The third-order valence-corrected chi connectivity index (χ3v) is 4.48. The van der Waals surface area contributed by atoms with E-state index in [4.69, 9.17) is 22.1 Å². The van der Waals surface area contributed by atoms with Gasteiger partial charge in [0.25, 0.3) is 0 Å². The molecule has 0 aliphatic rings. The van der Waals surface area contributed by atoms with Gasteiger partial charge < -0.3 is 15.8 Å². The topological polar surface area (TPSA) is 98.5 Å². The summed E-state index contributed by atoms with van der Waals surface area (Å²) in [7, 11) is 0. The molecular weight excluding hydrogens is 380 g/mol. The number of carbonyl (C=O) groups is 3. The van der Waals surface area contributed by atoms with E-state index in [1.54, 1.807) is 36.4 Å². The molecule has 148 valence electrons. The van der Waals surface area contributed by atoms with Crippen LogP contribution in [0.1, 0.15) is 53.7 Å². The van der Waals surface area contributed by atoms with Crippen molar-refractivity contribution in [3.8, 4) is 0 Å². The van der Waals surface area contributed by atoms with Gasteiger partial charge in [-0.1, -0.05) is 61.8 Å². The highest BCUT2D eigenvalue weighted by atomic mass is 35.5. The van der Waals surface area contributed by atoms with E-state index in [0.29, 0.717) is 22.1 Å². The lowest BCUT2D eigenvalue weighted by Crippen LogP contribution is -2.34. The van der Waals surface area contributed by atoms with Gasteiger partial charge in [0.15, 0.2) is 12.4 Å². The van der Waals surface area contributed by atoms with E-state index in [0.717, 1.165) is 5.56 Å². The molecule has 6 nitrogen and oxygen atoms in total. The number of esters is 1. The number of ether oxygens (including phenoxy) is 1. The third kappa shape index (κ3) is 6.39. The highest BCUT2D eigenvalue weighted by molar-refractivity contribution is 6.30. The first kappa shape index (κ1) is 21.4. The van der Waals surface area contributed by atoms with Gasteiger partial charge in [-0.15, -0.1) is 0 Å². The largest absolute Gasteiger partial charge is 0.457 e. The van der Waals surface area contributed by atoms with Gasteiger partial charge in [0, 0.05) is 10.6 Å². The molecule has 0 aliphatic carbocycles. The lowest BCUT2D eigenvalue weighted by Gasteiger charge is -2.17. The second-order valence-electron chi connectivity index (χ2n) is 6.68. The number of Topliss-reactive ketones (excluding diaryl/α,β-unsaturated/α-hetero) is 1. The summed E-state index contributed by atoms with van der Waals surface area (Å²) in [6, 6.07) is 12.4. The zero-order chi connectivity index (χ0) is 20.7. The van der Waals surface area contributed by atoms with Crippen molar-refractivity contribution in [3.05, 3.63) is 70.2 Å². The number of nitrogens with two attached hydrogens (primary N) is 1. The zero-order valence-corrected chi connectivity index (χ0v) is 16.5. The first-order chi connectivity index (χ1) is 13.3. The number of urea groups is 1. The molecule has 3 N–H and O–H groups in total. The predicted octanol–water partition coefficient (Wildman–Crippen LogP) is 3.99. The standard InChI is InChI=1S/C21H23ClN2O4/c1-13(2)14-3-5-16(6-4-14)19(25)12-28-20(26)11-18(24-21(23)27)15-7-9-17(22)10-8-15/h3-10,13,18H,11-12H2,1-2H3,(H3,23,24,27)/t18-/m1/s1. The Bertz CT molecular complexity index is 832. The normalized spacial score (nSPS) is 11.7. The van der Waals surface area contributed by atoms with Crippen LogP contribution in [0.5, 0.6) is 0 Å². The fourth-order valence-electron chi connectivity index (χ4n) is 2.63. The summed E-state index contributed by atoms with van der Waals surface area (Å²) in [6.45, 7) is 3.76. The molecule has 0 saturated carbocycles. The van der Waals surface area contributed by atoms with E-state index >= 15 is 0 Å². The molecular formula is C21H23ClN2O4. The molecule has 0 radical (unpaired) electrons. The van der Waals surface area contributed by atoms with Crippen molar-refractivity contribution < 1.29 is 19.1 Å². The Kier molecular flexibility index (Phi) is 7.58. The molecule has 0 saturated heterocycles. The van der Waals surface area contributed by atoms with Crippen LogP contribution in [-0.2, 0) is 9.53 Å². The van der Waals surface area contributed by atoms with Gasteiger partial charge in [0.1, 0.15) is 0 Å². The van der Waals surface area contributed by atoms with E-state index in [1.807, 2.05) is 12.1 Å². The minimum absolute atomic E-state index is 0.163. The Morgan fingerprint density at radius 1 is 1.00 bits per heavy atom. The number of nitrogens with one attached hydrogen (secondary N) is 1. The number of halogens is 1. The molecule has 28 heavy (non-hydrogen) atoms. The summed E-state index contributed by atoms with van der Waals surface area (Å²) in [4.78, 5) is 35.6. The minimum atomic E-state index is -0.769. The molecule has 0 unspecified atom stereocenters. The Balaban J connectivity index is 1.95. The van der Waals surface area contributed by atoms with Gasteiger partial charge in [0.2, 0.25) is 0 Å². The lowest BCUT2D eigenvalue weighted by molar-refractivity contribution is -0.143. The van der Waals surface area contributed by atoms with Crippen LogP contribution >= 0.6 is 11.6 Å². The SMILES string of the molecule is CC(C)c1ccc(C(=O)COC(=O)C[C@@H](NC(N)=O)c2ccc(Cl)cc2)cc1. The summed E-state index contributed by atoms with van der Waals surface area (Å²) in [6.07, 6.45) is -0.163. The average Bonchev–Trinajstić information content (AvgIpc) is 2.66. The van der Waals surface area contributed by atoms with Gasteiger partial charge >= 0.3 is 12.0 Å². The Hall–Kier alpha value is -2.86. The fraction of sp³-hybridized carbons (Fsp3) is 0.286. The molecule has 2 aromatic rings. The Labute approximate surface area is 169 Å². The Morgan fingerprint density at radius 3 is 2.11 bits per heavy atom. The fourth-order valence-corrected chi connectivity index (χ4v) is 2.75. The van der Waals surface area contributed by atoms with Crippen LogP contribution in [0, 0.1) is 0 Å². The van der Waals surface area contributed by atoms with Crippen molar-refractivity contribution in [1.82, 2.24) is 5.32 Å². The van der Waals surface area contributed by atoms with Gasteiger partial charge in [-0.25, -0.2) is 4.79 Å². The second kappa shape index (κ2) is 9.90. The summed E-state index contributed by atoms with van der Waals surface area (Å²) >= 11 is 5.86. The maximum absolute atomic E-state index is 12.2. The molecule has 0 spiro atoms.